The van der Waals surface area contributed by atoms with E-state index in [1.54, 1.807) is 23.1 Å². The highest BCUT2D eigenvalue weighted by molar-refractivity contribution is 6.04. The summed E-state index contributed by atoms with van der Waals surface area (Å²) < 4.78 is 1.38. The van der Waals surface area contributed by atoms with Crippen LogP contribution in [0.25, 0.3) is 10.8 Å². The van der Waals surface area contributed by atoms with Crippen LogP contribution in [0.1, 0.15) is 27.7 Å². The molecule has 1 fully saturated rings. The van der Waals surface area contributed by atoms with E-state index in [9.17, 15) is 14.9 Å². The van der Waals surface area contributed by atoms with Gasteiger partial charge in [0.05, 0.1) is 18.0 Å². The molecular formula is C28H25N5O2. The van der Waals surface area contributed by atoms with Crippen LogP contribution in [0.2, 0.25) is 0 Å². The second-order valence-corrected chi connectivity index (χ2v) is 8.61. The van der Waals surface area contributed by atoms with E-state index in [-0.39, 0.29) is 23.2 Å². The van der Waals surface area contributed by atoms with E-state index in [0.717, 1.165) is 11.1 Å². The number of nitriles is 1. The SMILES string of the molecule is N#C[C@H](c1ccccc1)N1CCN(C(=O)c2nn(Cc3ccccc3)c(=O)c3ccccc23)CC1. The van der Waals surface area contributed by atoms with Gasteiger partial charge in [0, 0.05) is 31.6 Å². The third-order valence-electron chi connectivity index (χ3n) is 6.45. The van der Waals surface area contributed by atoms with Gasteiger partial charge in [-0.3, -0.25) is 14.5 Å². The van der Waals surface area contributed by atoms with Crippen LogP contribution in [0.4, 0.5) is 0 Å². The first-order valence-electron chi connectivity index (χ1n) is 11.7. The standard InChI is InChI=1S/C28H25N5O2/c29-19-25(22-11-5-2-6-12-22)31-15-17-32(18-16-31)28(35)26-23-13-7-8-14-24(23)27(34)33(30-26)20-21-9-3-1-4-10-21/h1-14,25H,15-18,20H2/t25-/m1/s1. The number of piperazine rings is 1. The van der Waals surface area contributed by atoms with E-state index >= 15 is 0 Å². The molecule has 5 rings (SSSR count). The van der Waals surface area contributed by atoms with Crippen LogP contribution in [0, 0.1) is 11.3 Å². The fourth-order valence-electron chi connectivity index (χ4n) is 4.59. The van der Waals surface area contributed by atoms with Gasteiger partial charge in [0.15, 0.2) is 5.69 Å². The van der Waals surface area contributed by atoms with Crippen LogP contribution in [0.5, 0.6) is 0 Å². The fourth-order valence-corrected chi connectivity index (χ4v) is 4.59. The van der Waals surface area contributed by atoms with Crippen LogP contribution in [-0.2, 0) is 6.54 Å². The molecule has 7 heteroatoms. The monoisotopic (exact) mass is 463 g/mol. The summed E-state index contributed by atoms with van der Waals surface area (Å²) in [5.74, 6) is -0.198. The Kier molecular flexibility index (Phi) is 6.38. The Hall–Kier alpha value is -4.28. The lowest BCUT2D eigenvalue weighted by Crippen LogP contribution is -2.50. The summed E-state index contributed by atoms with van der Waals surface area (Å²) in [5.41, 5.74) is 1.96. The average molecular weight is 464 g/mol. The minimum absolute atomic E-state index is 0.198. The lowest BCUT2D eigenvalue weighted by molar-refractivity contribution is 0.0600. The van der Waals surface area contributed by atoms with Gasteiger partial charge in [0.1, 0.15) is 6.04 Å². The summed E-state index contributed by atoms with van der Waals surface area (Å²) in [6.07, 6.45) is 0. The molecular weight excluding hydrogens is 438 g/mol. The lowest BCUT2D eigenvalue weighted by Gasteiger charge is -2.37. The average Bonchev–Trinajstić information content (AvgIpc) is 2.92. The zero-order valence-electron chi connectivity index (χ0n) is 19.2. The highest BCUT2D eigenvalue weighted by Gasteiger charge is 2.29. The normalized spacial score (nSPS) is 15.0. The van der Waals surface area contributed by atoms with Crippen molar-refractivity contribution in [1.29, 1.82) is 5.26 Å². The van der Waals surface area contributed by atoms with E-state index in [4.69, 9.17) is 0 Å². The van der Waals surface area contributed by atoms with E-state index in [2.05, 4.69) is 16.1 Å². The number of hydrogen-bond acceptors (Lipinski definition) is 5. The van der Waals surface area contributed by atoms with E-state index in [1.807, 2.05) is 66.7 Å². The van der Waals surface area contributed by atoms with Crippen molar-refractivity contribution in [2.24, 2.45) is 0 Å². The van der Waals surface area contributed by atoms with Crippen molar-refractivity contribution in [2.45, 2.75) is 12.6 Å². The van der Waals surface area contributed by atoms with Crippen LogP contribution in [-0.4, -0.2) is 51.7 Å². The zero-order chi connectivity index (χ0) is 24.2. The Morgan fingerprint density at radius 3 is 2.11 bits per heavy atom. The molecule has 0 bridgehead atoms. The summed E-state index contributed by atoms with van der Waals surface area (Å²) in [6.45, 7) is 2.43. The van der Waals surface area contributed by atoms with Crippen LogP contribution >= 0.6 is 0 Å². The highest BCUT2D eigenvalue weighted by atomic mass is 16.2. The van der Waals surface area contributed by atoms with Crippen molar-refractivity contribution in [3.8, 4) is 6.07 Å². The van der Waals surface area contributed by atoms with Crippen LogP contribution < -0.4 is 5.56 Å². The van der Waals surface area contributed by atoms with Gasteiger partial charge in [0.2, 0.25) is 0 Å². The summed E-state index contributed by atoms with van der Waals surface area (Å²) in [4.78, 5) is 30.6. The molecule has 35 heavy (non-hydrogen) atoms. The van der Waals surface area contributed by atoms with Gasteiger partial charge in [-0.2, -0.15) is 10.4 Å². The molecule has 1 aliphatic rings. The third kappa shape index (κ3) is 4.57. The van der Waals surface area contributed by atoms with Gasteiger partial charge in [-0.25, -0.2) is 4.68 Å². The maximum atomic E-state index is 13.6. The second kappa shape index (κ2) is 9.92. The van der Waals surface area contributed by atoms with Crippen molar-refractivity contribution in [3.63, 3.8) is 0 Å². The first-order valence-corrected chi connectivity index (χ1v) is 11.7. The van der Waals surface area contributed by atoms with E-state index in [0.29, 0.717) is 43.5 Å². The fraction of sp³-hybridized carbons (Fsp3) is 0.214. The van der Waals surface area contributed by atoms with Gasteiger partial charge in [-0.05, 0) is 17.2 Å². The summed E-state index contributed by atoms with van der Waals surface area (Å²) in [6, 6.07) is 28.5. The number of benzene rings is 3. The van der Waals surface area contributed by atoms with E-state index < -0.39 is 0 Å². The molecule has 0 radical (unpaired) electrons. The molecule has 1 saturated heterocycles. The van der Waals surface area contributed by atoms with Crippen LogP contribution in [0.15, 0.2) is 89.7 Å². The van der Waals surface area contributed by atoms with Crippen molar-refractivity contribution in [3.05, 3.63) is 112 Å². The number of amides is 1. The molecule has 4 aromatic rings. The number of nitrogens with zero attached hydrogens (tertiary/aromatic N) is 5. The number of carbonyl (C=O) groups is 1. The maximum absolute atomic E-state index is 13.6. The van der Waals surface area contributed by atoms with Crippen molar-refractivity contribution in [1.82, 2.24) is 19.6 Å². The third-order valence-corrected chi connectivity index (χ3v) is 6.45. The molecule has 0 saturated carbocycles. The molecule has 0 spiro atoms. The first kappa shape index (κ1) is 22.5. The van der Waals surface area contributed by atoms with Gasteiger partial charge in [-0.1, -0.05) is 78.9 Å². The summed E-state index contributed by atoms with van der Waals surface area (Å²) in [5, 5.41) is 15.3. The number of rotatable bonds is 5. The van der Waals surface area contributed by atoms with Crippen molar-refractivity contribution >= 4 is 16.7 Å². The molecule has 0 aliphatic carbocycles. The molecule has 7 nitrogen and oxygen atoms in total. The molecule has 1 aliphatic heterocycles. The smallest absolute Gasteiger partial charge is 0.275 e. The predicted molar refractivity (Wildman–Crippen MR) is 134 cm³/mol. The number of aromatic nitrogens is 2. The maximum Gasteiger partial charge on any atom is 0.275 e. The second-order valence-electron chi connectivity index (χ2n) is 8.61. The van der Waals surface area contributed by atoms with Gasteiger partial charge >= 0.3 is 0 Å². The van der Waals surface area contributed by atoms with Gasteiger partial charge in [0.25, 0.3) is 11.5 Å². The molecule has 1 aromatic heterocycles. The van der Waals surface area contributed by atoms with Gasteiger partial charge < -0.3 is 4.90 Å². The highest BCUT2D eigenvalue weighted by Crippen LogP contribution is 2.23. The molecule has 0 unspecified atom stereocenters. The lowest BCUT2D eigenvalue weighted by atomic mass is 10.1. The minimum atomic E-state index is -0.347. The Labute approximate surface area is 203 Å². The molecule has 2 heterocycles. The minimum Gasteiger partial charge on any atom is -0.335 e. The van der Waals surface area contributed by atoms with Gasteiger partial charge in [-0.15, -0.1) is 0 Å². The van der Waals surface area contributed by atoms with E-state index in [1.165, 1.54) is 4.68 Å². The molecule has 1 atom stereocenters. The molecule has 3 aromatic carbocycles. The number of fused-ring (bicyclic) bond motifs is 1. The zero-order valence-corrected chi connectivity index (χ0v) is 19.2. The summed E-state index contributed by atoms with van der Waals surface area (Å²) in [7, 11) is 0. The Balaban J connectivity index is 1.41. The number of hydrogen-bond donors (Lipinski definition) is 0. The largest absolute Gasteiger partial charge is 0.335 e. The Bertz CT molecular complexity index is 1440. The first-order chi connectivity index (χ1) is 17.2. The quantitative estimate of drug-likeness (QED) is 0.453. The molecule has 174 valence electrons. The Morgan fingerprint density at radius 1 is 0.857 bits per heavy atom. The van der Waals surface area contributed by atoms with Crippen molar-refractivity contribution in [2.75, 3.05) is 26.2 Å². The molecule has 0 N–H and O–H groups in total. The van der Waals surface area contributed by atoms with Crippen LogP contribution in [0.3, 0.4) is 0 Å². The number of carbonyl (C=O) groups excluding carboxylic acids is 1. The topological polar surface area (TPSA) is 82.2 Å². The molecule has 1 amide bonds. The predicted octanol–water partition coefficient (Wildman–Crippen LogP) is 3.47. The van der Waals surface area contributed by atoms with Crippen molar-refractivity contribution < 1.29 is 4.79 Å². The Morgan fingerprint density at radius 2 is 1.46 bits per heavy atom. The summed E-state index contributed by atoms with van der Waals surface area (Å²) >= 11 is 0.